The molecule has 0 amide bonds. The Hall–Kier alpha value is -1.40. The van der Waals surface area contributed by atoms with Gasteiger partial charge in [0.05, 0.1) is 0 Å². The van der Waals surface area contributed by atoms with Crippen LogP contribution >= 0.6 is 0 Å². The lowest BCUT2D eigenvalue weighted by Gasteiger charge is -2.31. The summed E-state index contributed by atoms with van der Waals surface area (Å²) in [5.74, 6) is -0.829. The minimum absolute atomic E-state index is 0.0175. The van der Waals surface area contributed by atoms with Crippen molar-refractivity contribution in [2.45, 2.75) is 45.7 Å². The van der Waals surface area contributed by atoms with Crippen LogP contribution in [0.5, 0.6) is 0 Å². The van der Waals surface area contributed by atoms with E-state index in [1.807, 2.05) is 6.92 Å². The standard InChI is InChI=1S/C13H20O6/c1-4-7-16-13-6-5-11(18-10(3)15)12(19-13)8-17-9(2)14/h5-6,11-13H,4,7-8H2,1-3H3/t11-,12-,13+/m1/s1. The highest BCUT2D eigenvalue weighted by Gasteiger charge is 2.30. The zero-order valence-corrected chi connectivity index (χ0v) is 11.5. The molecule has 0 saturated heterocycles. The van der Waals surface area contributed by atoms with Crippen molar-refractivity contribution in [1.29, 1.82) is 0 Å². The second-order valence-corrected chi connectivity index (χ2v) is 4.18. The van der Waals surface area contributed by atoms with E-state index >= 15 is 0 Å². The van der Waals surface area contributed by atoms with Gasteiger partial charge in [0.2, 0.25) is 0 Å². The first-order valence-corrected chi connectivity index (χ1v) is 6.29. The first kappa shape index (κ1) is 15.7. The van der Waals surface area contributed by atoms with Crippen LogP contribution < -0.4 is 0 Å². The molecule has 0 aromatic carbocycles. The summed E-state index contributed by atoms with van der Waals surface area (Å²) in [5, 5.41) is 0. The van der Waals surface area contributed by atoms with Gasteiger partial charge >= 0.3 is 11.9 Å². The Balaban J connectivity index is 2.60. The van der Waals surface area contributed by atoms with E-state index in [1.165, 1.54) is 13.8 Å². The van der Waals surface area contributed by atoms with Gasteiger partial charge in [-0.15, -0.1) is 0 Å². The number of esters is 2. The average Bonchev–Trinajstić information content (AvgIpc) is 2.35. The van der Waals surface area contributed by atoms with Crippen molar-refractivity contribution in [3.63, 3.8) is 0 Å². The van der Waals surface area contributed by atoms with E-state index in [4.69, 9.17) is 18.9 Å². The maximum absolute atomic E-state index is 11.0. The maximum atomic E-state index is 11.0. The molecule has 0 aliphatic carbocycles. The van der Waals surface area contributed by atoms with Crippen LogP contribution in [0.15, 0.2) is 12.2 Å². The van der Waals surface area contributed by atoms with Crippen LogP contribution in [0.2, 0.25) is 0 Å². The van der Waals surface area contributed by atoms with Gasteiger partial charge < -0.3 is 18.9 Å². The minimum Gasteiger partial charge on any atom is -0.463 e. The Morgan fingerprint density at radius 1 is 1.21 bits per heavy atom. The molecule has 108 valence electrons. The summed E-state index contributed by atoms with van der Waals surface area (Å²) in [6.07, 6.45) is 2.62. The molecular weight excluding hydrogens is 252 g/mol. The molecule has 0 spiro atoms. The van der Waals surface area contributed by atoms with Gasteiger partial charge in [-0.25, -0.2) is 0 Å². The second-order valence-electron chi connectivity index (χ2n) is 4.18. The molecule has 1 aliphatic rings. The second kappa shape index (κ2) is 7.91. The van der Waals surface area contributed by atoms with Crippen molar-refractivity contribution in [3.8, 4) is 0 Å². The SMILES string of the molecule is CCCO[C@@H]1C=C[C@@H](OC(C)=O)[C@@H](COC(C)=O)O1. The van der Waals surface area contributed by atoms with E-state index in [2.05, 4.69) is 0 Å². The monoisotopic (exact) mass is 272 g/mol. The summed E-state index contributed by atoms with van der Waals surface area (Å²) in [6.45, 7) is 5.20. The van der Waals surface area contributed by atoms with Crippen molar-refractivity contribution < 1.29 is 28.5 Å². The van der Waals surface area contributed by atoms with Crippen LogP contribution in [0.3, 0.4) is 0 Å². The van der Waals surface area contributed by atoms with Crippen molar-refractivity contribution >= 4 is 11.9 Å². The summed E-state index contributed by atoms with van der Waals surface area (Å²) in [6, 6.07) is 0. The van der Waals surface area contributed by atoms with Crippen LogP contribution in [-0.2, 0) is 28.5 Å². The highest BCUT2D eigenvalue weighted by atomic mass is 16.7. The summed E-state index contributed by atoms with van der Waals surface area (Å²) in [7, 11) is 0. The molecular formula is C13H20O6. The molecule has 6 nitrogen and oxygen atoms in total. The van der Waals surface area contributed by atoms with Crippen LogP contribution in [0.4, 0.5) is 0 Å². The topological polar surface area (TPSA) is 71.1 Å². The molecule has 0 unspecified atom stereocenters. The van der Waals surface area contributed by atoms with E-state index in [-0.39, 0.29) is 6.61 Å². The Morgan fingerprint density at radius 3 is 2.53 bits per heavy atom. The van der Waals surface area contributed by atoms with E-state index in [0.717, 1.165) is 6.42 Å². The Labute approximate surface area is 112 Å². The van der Waals surface area contributed by atoms with Crippen molar-refractivity contribution in [3.05, 3.63) is 12.2 Å². The number of rotatable bonds is 6. The first-order chi connectivity index (χ1) is 9.02. The third-order valence-electron chi connectivity index (χ3n) is 2.37. The molecule has 1 heterocycles. The largest absolute Gasteiger partial charge is 0.463 e. The maximum Gasteiger partial charge on any atom is 0.303 e. The molecule has 19 heavy (non-hydrogen) atoms. The third kappa shape index (κ3) is 5.85. The van der Waals surface area contributed by atoms with Gasteiger partial charge in [-0.2, -0.15) is 0 Å². The minimum atomic E-state index is -0.571. The van der Waals surface area contributed by atoms with Gasteiger partial charge in [0.25, 0.3) is 0 Å². The van der Waals surface area contributed by atoms with Crippen molar-refractivity contribution in [1.82, 2.24) is 0 Å². The van der Waals surface area contributed by atoms with Crippen LogP contribution in [0.1, 0.15) is 27.2 Å². The lowest BCUT2D eigenvalue weighted by Crippen LogP contribution is -2.42. The third-order valence-corrected chi connectivity index (χ3v) is 2.37. The van der Waals surface area contributed by atoms with Crippen LogP contribution in [0.25, 0.3) is 0 Å². The number of hydrogen-bond donors (Lipinski definition) is 0. The molecule has 1 aliphatic heterocycles. The summed E-state index contributed by atoms with van der Waals surface area (Å²) >= 11 is 0. The number of hydrogen-bond acceptors (Lipinski definition) is 6. The molecule has 1 rings (SSSR count). The van der Waals surface area contributed by atoms with Gasteiger partial charge in [-0.05, 0) is 18.6 Å². The molecule has 3 atom stereocenters. The molecule has 0 radical (unpaired) electrons. The fourth-order valence-corrected chi connectivity index (χ4v) is 1.59. The average molecular weight is 272 g/mol. The van der Waals surface area contributed by atoms with Crippen molar-refractivity contribution in [2.75, 3.05) is 13.2 Å². The van der Waals surface area contributed by atoms with E-state index in [9.17, 15) is 9.59 Å². The fourth-order valence-electron chi connectivity index (χ4n) is 1.59. The lowest BCUT2D eigenvalue weighted by molar-refractivity contribution is -0.196. The Bertz CT molecular complexity index is 338. The molecule has 0 N–H and O–H groups in total. The highest BCUT2D eigenvalue weighted by Crippen LogP contribution is 2.18. The fraction of sp³-hybridized carbons (Fsp3) is 0.692. The van der Waals surface area contributed by atoms with Gasteiger partial charge in [0.1, 0.15) is 18.8 Å². The first-order valence-electron chi connectivity index (χ1n) is 6.29. The highest BCUT2D eigenvalue weighted by molar-refractivity contribution is 5.66. The predicted octanol–water partition coefficient (Wildman–Crippen LogP) is 1.19. The molecule has 6 heteroatoms. The van der Waals surface area contributed by atoms with Gasteiger partial charge in [0, 0.05) is 20.5 Å². The van der Waals surface area contributed by atoms with Crippen LogP contribution in [0, 0.1) is 0 Å². The van der Waals surface area contributed by atoms with Crippen LogP contribution in [-0.4, -0.2) is 43.7 Å². The molecule has 0 bridgehead atoms. The quantitative estimate of drug-likeness (QED) is 0.534. The summed E-state index contributed by atoms with van der Waals surface area (Å²) in [5.41, 5.74) is 0. The number of carbonyl (C=O) groups is 2. The summed E-state index contributed by atoms with van der Waals surface area (Å²) < 4.78 is 21.0. The molecule has 0 saturated carbocycles. The smallest absolute Gasteiger partial charge is 0.303 e. The number of ether oxygens (including phenoxy) is 4. The Kier molecular flexibility index (Phi) is 6.52. The zero-order chi connectivity index (χ0) is 14.3. The van der Waals surface area contributed by atoms with E-state index in [1.54, 1.807) is 12.2 Å². The number of carbonyl (C=O) groups excluding carboxylic acids is 2. The van der Waals surface area contributed by atoms with Crippen molar-refractivity contribution in [2.24, 2.45) is 0 Å². The van der Waals surface area contributed by atoms with Gasteiger partial charge in [-0.1, -0.05) is 6.92 Å². The van der Waals surface area contributed by atoms with E-state index in [0.29, 0.717) is 6.61 Å². The Morgan fingerprint density at radius 2 is 1.95 bits per heavy atom. The molecule has 0 aromatic rings. The van der Waals surface area contributed by atoms with Gasteiger partial charge in [-0.3, -0.25) is 9.59 Å². The molecule has 0 fully saturated rings. The lowest BCUT2D eigenvalue weighted by atomic mass is 10.1. The predicted molar refractivity (Wildman–Crippen MR) is 66.2 cm³/mol. The molecule has 0 aromatic heterocycles. The normalized spacial score (nSPS) is 25.9. The summed E-state index contributed by atoms with van der Waals surface area (Å²) in [4.78, 5) is 21.8. The zero-order valence-electron chi connectivity index (χ0n) is 11.5. The van der Waals surface area contributed by atoms with Gasteiger partial charge in [0.15, 0.2) is 6.29 Å². The van der Waals surface area contributed by atoms with E-state index < -0.39 is 30.4 Å².